The van der Waals surface area contributed by atoms with E-state index in [9.17, 15) is 13.2 Å². The number of carbonyl (C=O) groups is 1. The molecule has 1 aliphatic heterocycles. The minimum Gasteiger partial charge on any atom is -0.364 e. The normalized spacial score (nSPS) is 24.9. The van der Waals surface area contributed by atoms with E-state index in [4.69, 9.17) is 4.52 Å². The average Bonchev–Trinajstić information content (AvgIpc) is 3.40. The van der Waals surface area contributed by atoms with E-state index in [0.717, 1.165) is 30.5 Å². The first kappa shape index (κ1) is 18.2. The van der Waals surface area contributed by atoms with Crippen molar-refractivity contribution < 1.29 is 17.7 Å². The molecule has 1 N–H and O–H groups in total. The molecular weight excluding hydrogens is 366 g/mol. The van der Waals surface area contributed by atoms with Crippen molar-refractivity contribution in [2.24, 2.45) is 5.92 Å². The lowest BCUT2D eigenvalue weighted by atomic mass is 10.0. The number of aromatic nitrogens is 1. The zero-order chi connectivity index (χ0) is 18.9. The molecule has 2 heterocycles. The molecule has 2 aromatic rings. The number of nitrogens with one attached hydrogen (secondary N) is 1. The standard InChI is InChI=1S/C19H23N3O4S/c23-19(15-7-5-14(6-8-15)17-9-11-26-21-17)20-13-16-3-1-4-18(16)22-10-2-12-27(22,24)25/h5-9,11,16,18H,1-4,10,12-13H2,(H,20,23). The summed E-state index contributed by atoms with van der Waals surface area (Å²) in [6, 6.07) is 8.98. The lowest BCUT2D eigenvalue weighted by Gasteiger charge is -2.28. The highest BCUT2D eigenvalue weighted by Gasteiger charge is 2.40. The van der Waals surface area contributed by atoms with Gasteiger partial charge in [0.05, 0.1) is 5.75 Å². The van der Waals surface area contributed by atoms with Crippen LogP contribution in [0.2, 0.25) is 0 Å². The van der Waals surface area contributed by atoms with Crippen molar-refractivity contribution in [3.8, 4) is 11.3 Å². The molecule has 2 unspecified atom stereocenters. The number of amides is 1. The van der Waals surface area contributed by atoms with E-state index in [1.165, 1.54) is 6.26 Å². The molecule has 144 valence electrons. The second-order valence-corrected chi connectivity index (χ2v) is 9.25. The summed E-state index contributed by atoms with van der Waals surface area (Å²) in [4.78, 5) is 12.5. The molecule has 2 fully saturated rings. The fourth-order valence-electron chi connectivity index (χ4n) is 4.15. The first-order valence-electron chi connectivity index (χ1n) is 9.33. The van der Waals surface area contributed by atoms with E-state index in [1.807, 2.05) is 12.1 Å². The summed E-state index contributed by atoms with van der Waals surface area (Å²) in [5.74, 6) is 0.286. The van der Waals surface area contributed by atoms with Gasteiger partial charge < -0.3 is 9.84 Å². The summed E-state index contributed by atoms with van der Waals surface area (Å²) in [6.07, 6.45) is 5.04. The third kappa shape index (κ3) is 3.77. The molecule has 1 amide bonds. The van der Waals surface area contributed by atoms with Gasteiger partial charge in [-0.25, -0.2) is 8.42 Å². The zero-order valence-electron chi connectivity index (χ0n) is 15.0. The van der Waals surface area contributed by atoms with Crippen molar-refractivity contribution in [3.63, 3.8) is 0 Å². The molecule has 2 atom stereocenters. The molecule has 4 rings (SSSR count). The van der Waals surface area contributed by atoms with Gasteiger partial charge in [-0.3, -0.25) is 4.79 Å². The lowest BCUT2D eigenvalue weighted by Crippen LogP contribution is -2.43. The Hall–Kier alpha value is -2.19. The number of benzene rings is 1. The van der Waals surface area contributed by atoms with Crippen LogP contribution in [-0.4, -0.2) is 48.7 Å². The topological polar surface area (TPSA) is 92.5 Å². The third-order valence-electron chi connectivity index (χ3n) is 5.53. The molecule has 7 nitrogen and oxygen atoms in total. The van der Waals surface area contributed by atoms with Gasteiger partial charge in [0.2, 0.25) is 10.0 Å². The molecular formula is C19H23N3O4S. The van der Waals surface area contributed by atoms with E-state index in [0.29, 0.717) is 25.1 Å². The molecule has 2 aliphatic rings. The maximum absolute atomic E-state index is 12.5. The molecule has 27 heavy (non-hydrogen) atoms. The summed E-state index contributed by atoms with van der Waals surface area (Å²) in [5, 5.41) is 6.86. The molecule has 0 spiro atoms. The molecule has 8 heteroatoms. The number of sulfonamides is 1. The highest BCUT2D eigenvalue weighted by Crippen LogP contribution is 2.33. The molecule has 1 saturated carbocycles. The van der Waals surface area contributed by atoms with E-state index in [-0.39, 0.29) is 23.6 Å². The fourth-order valence-corrected chi connectivity index (χ4v) is 5.97. The average molecular weight is 389 g/mol. The summed E-state index contributed by atoms with van der Waals surface area (Å²) < 4.78 is 30.9. The van der Waals surface area contributed by atoms with E-state index in [1.54, 1.807) is 22.5 Å². The van der Waals surface area contributed by atoms with E-state index >= 15 is 0 Å². The van der Waals surface area contributed by atoms with Crippen LogP contribution in [0.4, 0.5) is 0 Å². The van der Waals surface area contributed by atoms with Crippen LogP contribution in [0, 0.1) is 5.92 Å². The molecule has 1 saturated heterocycles. The first-order valence-corrected chi connectivity index (χ1v) is 10.9. The minimum absolute atomic E-state index is 0.0207. The Morgan fingerprint density at radius 1 is 1.19 bits per heavy atom. The van der Waals surface area contributed by atoms with Crippen LogP contribution in [-0.2, 0) is 10.0 Å². The maximum Gasteiger partial charge on any atom is 0.251 e. The Morgan fingerprint density at radius 2 is 2.00 bits per heavy atom. The van der Waals surface area contributed by atoms with Crippen molar-refractivity contribution in [2.45, 2.75) is 31.7 Å². The van der Waals surface area contributed by atoms with Gasteiger partial charge in [0, 0.05) is 36.3 Å². The second kappa shape index (κ2) is 7.44. The van der Waals surface area contributed by atoms with Gasteiger partial charge in [-0.15, -0.1) is 0 Å². The highest BCUT2D eigenvalue weighted by atomic mass is 32.2. The van der Waals surface area contributed by atoms with Crippen LogP contribution in [0.5, 0.6) is 0 Å². The van der Waals surface area contributed by atoms with Crippen molar-refractivity contribution in [2.75, 3.05) is 18.8 Å². The monoisotopic (exact) mass is 389 g/mol. The van der Waals surface area contributed by atoms with Crippen molar-refractivity contribution in [1.29, 1.82) is 0 Å². The fraction of sp³-hybridized carbons (Fsp3) is 0.474. The number of nitrogens with zero attached hydrogens (tertiary/aromatic N) is 2. The van der Waals surface area contributed by atoms with Crippen LogP contribution >= 0.6 is 0 Å². The van der Waals surface area contributed by atoms with Crippen molar-refractivity contribution in [3.05, 3.63) is 42.2 Å². The van der Waals surface area contributed by atoms with Crippen LogP contribution in [0.15, 0.2) is 41.1 Å². The molecule has 1 aromatic heterocycles. The Bertz CT molecular complexity index is 894. The van der Waals surface area contributed by atoms with Gasteiger partial charge in [-0.05, 0) is 37.3 Å². The SMILES string of the molecule is O=C(NCC1CCCC1N1CCCS1(=O)=O)c1ccc(-c2ccon2)cc1. The van der Waals surface area contributed by atoms with Crippen molar-refractivity contribution >= 4 is 15.9 Å². The van der Waals surface area contributed by atoms with Gasteiger partial charge >= 0.3 is 0 Å². The summed E-state index contributed by atoms with van der Waals surface area (Å²) in [6.45, 7) is 1.11. The van der Waals surface area contributed by atoms with Crippen molar-refractivity contribution in [1.82, 2.24) is 14.8 Å². The lowest BCUT2D eigenvalue weighted by molar-refractivity contribution is 0.0943. The van der Waals surface area contributed by atoms with Gasteiger partial charge in [0.1, 0.15) is 12.0 Å². The van der Waals surface area contributed by atoms with Crippen LogP contribution in [0.25, 0.3) is 11.3 Å². The van der Waals surface area contributed by atoms with E-state index < -0.39 is 10.0 Å². The first-order chi connectivity index (χ1) is 13.0. The van der Waals surface area contributed by atoms with Crippen LogP contribution in [0.1, 0.15) is 36.0 Å². The summed E-state index contributed by atoms with van der Waals surface area (Å²) in [7, 11) is -3.11. The summed E-state index contributed by atoms with van der Waals surface area (Å²) >= 11 is 0. The number of rotatable bonds is 5. The maximum atomic E-state index is 12.5. The van der Waals surface area contributed by atoms with E-state index in [2.05, 4.69) is 10.5 Å². The van der Waals surface area contributed by atoms with Crippen LogP contribution in [0.3, 0.4) is 0 Å². The largest absolute Gasteiger partial charge is 0.364 e. The molecule has 0 bridgehead atoms. The zero-order valence-corrected chi connectivity index (χ0v) is 15.8. The molecule has 1 aliphatic carbocycles. The summed E-state index contributed by atoms with van der Waals surface area (Å²) in [5.41, 5.74) is 2.18. The van der Waals surface area contributed by atoms with Crippen LogP contribution < -0.4 is 5.32 Å². The Labute approximate surface area is 158 Å². The number of hydrogen-bond donors (Lipinski definition) is 1. The predicted molar refractivity (Wildman–Crippen MR) is 101 cm³/mol. The van der Waals surface area contributed by atoms with Gasteiger partial charge in [-0.1, -0.05) is 23.7 Å². The predicted octanol–water partition coefficient (Wildman–Crippen LogP) is 2.28. The minimum atomic E-state index is -3.11. The van der Waals surface area contributed by atoms with Gasteiger partial charge in [0.25, 0.3) is 5.91 Å². The van der Waals surface area contributed by atoms with Gasteiger partial charge in [-0.2, -0.15) is 4.31 Å². The second-order valence-electron chi connectivity index (χ2n) is 7.21. The third-order valence-corrected chi connectivity index (χ3v) is 7.50. The number of hydrogen-bond acceptors (Lipinski definition) is 5. The Morgan fingerprint density at radius 3 is 2.67 bits per heavy atom. The Balaban J connectivity index is 1.37. The molecule has 0 radical (unpaired) electrons. The van der Waals surface area contributed by atoms with Gasteiger partial charge in [0.15, 0.2) is 0 Å². The smallest absolute Gasteiger partial charge is 0.251 e. The molecule has 1 aromatic carbocycles. The quantitative estimate of drug-likeness (QED) is 0.847. The highest BCUT2D eigenvalue weighted by molar-refractivity contribution is 7.89. The number of carbonyl (C=O) groups excluding carboxylic acids is 1. The Kier molecular flexibility index (Phi) is 5.01.